The molecule has 23 heavy (non-hydrogen) atoms. The first-order chi connectivity index (χ1) is 11.0. The van der Waals surface area contributed by atoms with E-state index in [1.807, 2.05) is 0 Å². The van der Waals surface area contributed by atoms with Gasteiger partial charge in [0.25, 0.3) is 0 Å². The summed E-state index contributed by atoms with van der Waals surface area (Å²) >= 11 is 0. The van der Waals surface area contributed by atoms with Gasteiger partial charge in [-0.1, -0.05) is 0 Å². The van der Waals surface area contributed by atoms with E-state index in [1.165, 1.54) is 33.5 Å². The zero-order valence-electron chi connectivity index (χ0n) is 13.4. The van der Waals surface area contributed by atoms with Crippen LogP contribution in [-0.2, 0) is 21.3 Å². The fourth-order valence-corrected chi connectivity index (χ4v) is 2.45. The topological polar surface area (TPSA) is 92.8 Å². The Kier molecular flexibility index (Phi) is 4.59. The number of aryl methyl sites for hydroxylation is 1. The van der Waals surface area contributed by atoms with E-state index in [-0.39, 0.29) is 5.56 Å². The summed E-state index contributed by atoms with van der Waals surface area (Å²) in [6, 6.07) is 3.50. The molecule has 0 atom stereocenters. The molecule has 0 amide bonds. The van der Waals surface area contributed by atoms with Gasteiger partial charge in [-0.25, -0.2) is 9.59 Å². The molecule has 0 aliphatic carbocycles. The van der Waals surface area contributed by atoms with Gasteiger partial charge in [0.05, 0.1) is 43.8 Å². The fraction of sp³-hybridized carbons (Fsp3) is 0.250. The molecule has 0 spiro atoms. The average Bonchev–Trinajstić information content (AvgIpc) is 2.85. The van der Waals surface area contributed by atoms with Crippen LogP contribution in [0.1, 0.15) is 16.1 Å². The Morgan fingerprint density at radius 3 is 2.43 bits per heavy atom. The summed E-state index contributed by atoms with van der Waals surface area (Å²) in [7, 11) is 5.82. The number of esters is 2. The van der Waals surface area contributed by atoms with Crippen molar-refractivity contribution in [2.75, 3.05) is 27.1 Å². The molecule has 0 fully saturated rings. The van der Waals surface area contributed by atoms with E-state index in [0.717, 1.165) is 0 Å². The molecule has 0 aliphatic rings. The van der Waals surface area contributed by atoms with Crippen LogP contribution in [0, 0.1) is 0 Å². The van der Waals surface area contributed by atoms with Crippen molar-refractivity contribution < 1.29 is 23.8 Å². The van der Waals surface area contributed by atoms with Crippen LogP contribution >= 0.6 is 0 Å². The van der Waals surface area contributed by atoms with E-state index in [4.69, 9.17) is 15.2 Å². The van der Waals surface area contributed by atoms with Crippen LogP contribution in [0.4, 0.5) is 5.69 Å². The maximum atomic E-state index is 12.2. The quantitative estimate of drug-likeness (QED) is 0.524. The fourth-order valence-electron chi connectivity index (χ4n) is 2.45. The van der Waals surface area contributed by atoms with Crippen molar-refractivity contribution in [2.45, 2.75) is 0 Å². The molecule has 2 N–H and O–H groups in total. The molecule has 2 aromatic rings. The third kappa shape index (κ3) is 2.73. The van der Waals surface area contributed by atoms with Gasteiger partial charge < -0.3 is 24.5 Å². The summed E-state index contributed by atoms with van der Waals surface area (Å²) in [5, 5.41) is 0.517. The van der Waals surface area contributed by atoms with Crippen molar-refractivity contribution in [2.24, 2.45) is 7.05 Å². The molecular weight excluding hydrogens is 300 g/mol. The van der Waals surface area contributed by atoms with Crippen molar-refractivity contribution in [3.63, 3.8) is 0 Å². The van der Waals surface area contributed by atoms with Crippen LogP contribution in [-0.4, -0.2) is 37.8 Å². The summed E-state index contributed by atoms with van der Waals surface area (Å²) in [4.78, 5) is 23.6. The molecule has 2 rings (SSSR count). The van der Waals surface area contributed by atoms with E-state index >= 15 is 0 Å². The van der Waals surface area contributed by atoms with Crippen molar-refractivity contribution in [1.29, 1.82) is 0 Å². The van der Waals surface area contributed by atoms with Gasteiger partial charge in [-0.2, -0.15) is 0 Å². The zero-order valence-corrected chi connectivity index (χ0v) is 13.4. The Balaban J connectivity index is 2.83. The number of methoxy groups -OCH3 is 3. The highest BCUT2D eigenvalue weighted by atomic mass is 16.5. The molecule has 1 aromatic heterocycles. The third-order valence-corrected chi connectivity index (χ3v) is 3.60. The predicted molar refractivity (Wildman–Crippen MR) is 86.3 cm³/mol. The summed E-state index contributed by atoms with van der Waals surface area (Å²) < 4.78 is 16.4. The third-order valence-electron chi connectivity index (χ3n) is 3.60. The van der Waals surface area contributed by atoms with Crippen LogP contribution < -0.4 is 10.5 Å². The number of aromatic nitrogens is 1. The summed E-state index contributed by atoms with van der Waals surface area (Å²) in [5.41, 5.74) is 7.92. The van der Waals surface area contributed by atoms with Gasteiger partial charge >= 0.3 is 11.9 Å². The smallest absolute Gasteiger partial charge is 0.340 e. The average molecular weight is 318 g/mol. The van der Waals surface area contributed by atoms with Crippen LogP contribution in [0.25, 0.3) is 17.0 Å². The Morgan fingerprint density at radius 2 is 1.87 bits per heavy atom. The highest BCUT2D eigenvalue weighted by Gasteiger charge is 2.23. The van der Waals surface area contributed by atoms with Crippen molar-refractivity contribution >= 4 is 34.6 Å². The number of carbonyl (C=O) groups is 2. The Hall–Kier alpha value is -2.96. The lowest BCUT2D eigenvalue weighted by Gasteiger charge is -2.06. The number of hydrogen-bond donors (Lipinski definition) is 1. The number of anilines is 1. The number of fused-ring (bicyclic) bond motifs is 1. The predicted octanol–water partition coefficient (Wildman–Crippen LogP) is 1.74. The van der Waals surface area contributed by atoms with Crippen molar-refractivity contribution in [3.8, 4) is 5.75 Å². The largest absolute Gasteiger partial charge is 0.495 e. The molecule has 7 nitrogen and oxygen atoms in total. The molecule has 1 heterocycles. The SMILES string of the molecule is COC(=O)C=Cc1c(C(=O)OC)c2c(N)c(OC)ccc2n1C. The molecule has 122 valence electrons. The number of ether oxygens (including phenoxy) is 3. The van der Waals surface area contributed by atoms with Crippen molar-refractivity contribution in [3.05, 3.63) is 29.5 Å². The van der Waals surface area contributed by atoms with E-state index in [1.54, 1.807) is 23.7 Å². The molecule has 1 aromatic carbocycles. The highest BCUT2D eigenvalue weighted by Crippen LogP contribution is 2.36. The number of nitrogens with two attached hydrogens (primary N) is 1. The Labute approximate surface area is 133 Å². The molecule has 0 saturated carbocycles. The van der Waals surface area contributed by atoms with Gasteiger partial charge in [0.2, 0.25) is 0 Å². The van der Waals surface area contributed by atoms with Crippen LogP contribution in [0.5, 0.6) is 5.75 Å². The van der Waals surface area contributed by atoms with E-state index in [0.29, 0.717) is 28.0 Å². The lowest BCUT2D eigenvalue weighted by atomic mass is 10.1. The minimum atomic E-state index is -0.555. The van der Waals surface area contributed by atoms with Gasteiger partial charge in [-0.3, -0.25) is 0 Å². The second-order valence-electron chi connectivity index (χ2n) is 4.74. The summed E-state index contributed by atoms with van der Waals surface area (Å²) in [6.07, 6.45) is 2.72. The number of benzene rings is 1. The molecule has 0 bridgehead atoms. The van der Waals surface area contributed by atoms with E-state index in [9.17, 15) is 9.59 Å². The summed E-state index contributed by atoms with van der Waals surface area (Å²) in [6.45, 7) is 0. The Morgan fingerprint density at radius 1 is 1.17 bits per heavy atom. The molecular formula is C16H18N2O5. The number of nitrogen functional groups attached to an aromatic ring is 1. The maximum absolute atomic E-state index is 12.2. The van der Waals surface area contributed by atoms with Gasteiger partial charge in [-0.15, -0.1) is 0 Å². The van der Waals surface area contributed by atoms with Crippen LogP contribution in [0.15, 0.2) is 18.2 Å². The zero-order chi connectivity index (χ0) is 17.1. The Bertz CT molecular complexity index is 805. The van der Waals surface area contributed by atoms with E-state index in [2.05, 4.69) is 4.74 Å². The lowest BCUT2D eigenvalue weighted by molar-refractivity contribution is -0.134. The number of nitrogens with zero attached hydrogens (tertiary/aromatic N) is 1. The standard InChI is InChI=1S/C16H18N2O5/c1-18-9-5-7-11(21-2)15(17)13(9)14(16(20)23-4)10(18)6-8-12(19)22-3/h5-8H,17H2,1-4H3. The number of carbonyl (C=O) groups excluding carboxylic acids is 2. The first-order valence-electron chi connectivity index (χ1n) is 6.75. The van der Waals surface area contributed by atoms with Crippen molar-refractivity contribution in [1.82, 2.24) is 4.57 Å². The van der Waals surface area contributed by atoms with Gasteiger partial charge in [-0.05, 0) is 18.2 Å². The molecule has 0 saturated heterocycles. The number of rotatable bonds is 4. The molecule has 0 unspecified atom stereocenters. The first-order valence-corrected chi connectivity index (χ1v) is 6.75. The molecule has 0 radical (unpaired) electrons. The van der Waals surface area contributed by atoms with Crippen LogP contribution in [0.3, 0.4) is 0 Å². The lowest BCUT2D eigenvalue weighted by Crippen LogP contribution is -2.05. The number of hydrogen-bond acceptors (Lipinski definition) is 6. The second kappa shape index (κ2) is 6.43. The van der Waals surface area contributed by atoms with Gasteiger partial charge in [0.15, 0.2) is 0 Å². The minimum absolute atomic E-state index is 0.265. The highest BCUT2D eigenvalue weighted by molar-refractivity contribution is 6.13. The second-order valence-corrected chi connectivity index (χ2v) is 4.74. The van der Waals surface area contributed by atoms with E-state index < -0.39 is 11.9 Å². The first kappa shape index (κ1) is 16.4. The normalized spacial score (nSPS) is 11.0. The summed E-state index contributed by atoms with van der Waals surface area (Å²) in [5.74, 6) is -0.631. The van der Waals surface area contributed by atoms with Gasteiger partial charge in [0.1, 0.15) is 5.75 Å². The monoisotopic (exact) mass is 318 g/mol. The van der Waals surface area contributed by atoms with Crippen LogP contribution in [0.2, 0.25) is 0 Å². The maximum Gasteiger partial charge on any atom is 0.340 e. The molecule has 7 heteroatoms. The minimum Gasteiger partial charge on any atom is -0.495 e. The molecule has 0 aliphatic heterocycles. The van der Waals surface area contributed by atoms with Gasteiger partial charge in [0, 0.05) is 18.5 Å².